The standard InChI is InChI=1S/C4H10O4Si2/c1-4-6-10(5)8-7-9(2)3/h4,9H,1H2,2-3H3. The maximum absolute atomic E-state index is 10.5. The lowest BCUT2D eigenvalue weighted by Gasteiger charge is -2.02. The molecule has 0 radical (unpaired) electrons. The summed E-state index contributed by atoms with van der Waals surface area (Å²) < 4.78 is 23.9. The average Bonchev–Trinajstić information content (AvgIpc) is 1.85. The lowest BCUT2D eigenvalue weighted by molar-refractivity contribution is -0.130. The quantitative estimate of drug-likeness (QED) is 0.266. The third-order valence-corrected chi connectivity index (χ3v) is 1.75. The second kappa shape index (κ2) is 5.33. The highest BCUT2D eigenvalue weighted by Gasteiger charge is 2.11. The molecule has 0 aliphatic rings. The third kappa shape index (κ3) is 5.67. The van der Waals surface area contributed by atoms with E-state index < -0.39 is 18.2 Å². The molecule has 0 atom stereocenters. The molecule has 0 unspecified atom stereocenters. The normalized spacial score (nSPS) is 9.10. The van der Waals surface area contributed by atoms with E-state index in [-0.39, 0.29) is 0 Å². The Balaban J connectivity index is 3.30. The molecular formula is C4H10O4Si2. The van der Waals surface area contributed by atoms with Crippen LogP contribution >= 0.6 is 0 Å². The van der Waals surface area contributed by atoms with Gasteiger partial charge in [-0.1, -0.05) is 6.58 Å². The monoisotopic (exact) mass is 178 g/mol. The second-order valence-electron chi connectivity index (χ2n) is 1.76. The van der Waals surface area contributed by atoms with Crippen molar-refractivity contribution in [2.45, 2.75) is 13.1 Å². The molecular weight excluding hydrogens is 168 g/mol. The van der Waals surface area contributed by atoms with Crippen LogP contribution in [-0.2, 0) is 18.0 Å². The topological polar surface area (TPSA) is 44.8 Å². The van der Waals surface area contributed by atoms with E-state index in [0.29, 0.717) is 0 Å². The molecule has 0 aromatic carbocycles. The molecule has 0 rings (SSSR count). The van der Waals surface area contributed by atoms with Gasteiger partial charge in [0, 0.05) is 0 Å². The fourth-order valence-corrected chi connectivity index (χ4v) is 1.48. The van der Waals surface area contributed by atoms with Crippen LogP contribution in [0.15, 0.2) is 12.8 Å². The smallest absolute Gasteiger partial charge is 0.465 e. The molecule has 0 saturated carbocycles. The van der Waals surface area contributed by atoms with Crippen molar-refractivity contribution >= 4 is 18.2 Å². The summed E-state index contributed by atoms with van der Waals surface area (Å²) in [4.78, 5) is 0. The van der Waals surface area contributed by atoms with E-state index in [4.69, 9.17) is 0 Å². The first-order valence-electron chi connectivity index (χ1n) is 2.81. The molecule has 0 fully saturated rings. The molecule has 0 bridgehead atoms. The molecule has 10 heavy (non-hydrogen) atoms. The summed E-state index contributed by atoms with van der Waals surface area (Å²) >= 11 is 0. The highest BCUT2D eigenvalue weighted by Crippen LogP contribution is 1.86. The molecule has 4 nitrogen and oxygen atoms in total. The van der Waals surface area contributed by atoms with E-state index in [0.717, 1.165) is 6.26 Å². The molecule has 58 valence electrons. The van der Waals surface area contributed by atoms with E-state index in [9.17, 15) is 4.46 Å². The second-order valence-corrected chi connectivity index (χ2v) is 4.96. The maximum atomic E-state index is 10.5. The first-order valence-corrected chi connectivity index (χ1v) is 6.82. The van der Waals surface area contributed by atoms with Gasteiger partial charge in [-0.3, -0.25) is 9.04 Å². The van der Waals surface area contributed by atoms with Crippen LogP contribution in [0.25, 0.3) is 0 Å². The van der Waals surface area contributed by atoms with Crippen LogP contribution in [0.1, 0.15) is 0 Å². The van der Waals surface area contributed by atoms with Crippen LogP contribution in [-0.4, -0.2) is 18.2 Å². The van der Waals surface area contributed by atoms with Gasteiger partial charge >= 0.3 is 9.17 Å². The summed E-state index contributed by atoms with van der Waals surface area (Å²) in [6, 6.07) is 0. The summed E-state index contributed by atoms with van der Waals surface area (Å²) in [7, 11) is -3.75. The summed E-state index contributed by atoms with van der Waals surface area (Å²) in [5.74, 6) is 0. The van der Waals surface area contributed by atoms with Gasteiger partial charge in [0.15, 0.2) is 0 Å². The van der Waals surface area contributed by atoms with E-state index in [1.165, 1.54) is 0 Å². The summed E-state index contributed by atoms with van der Waals surface area (Å²) in [5, 5.41) is 0. The van der Waals surface area contributed by atoms with E-state index >= 15 is 0 Å². The zero-order chi connectivity index (χ0) is 7.98. The fraction of sp³-hybridized carbons (Fsp3) is 0.500. The largest absolute Gasteiger partial charge is 0.805 e. The molecule has 0 aromatic heterocycles. The van der Waals surface area contributed by atoms with Crippen molar-refractivity contribution in [2.24, 2.45) is 0 Å². The Morgan fingerprint density at radius 2 is 2.20 bits per heavy atom. The first-order chi connectivity index (χ1) is 4.66. The Labute approximate surface area is 63.0 Å². The highest BCUT2D eigenvalue weighted by molar-refractivity contribution is 6.48. The molecule has 0 aromatic rings. The Hall–Kier alpha value is -0.466. The van der Waals surface area contributed by atoms with Crippen LogP contribution in [0.3, 0.4) is 0 Å². The molecule has 0 aliphatic carbocycles. The Morgan fingerprint density at radius 1 is 1.60 bits per heavy atom. The van der Waals surface area contributed by atoms with Crippen LogP contribution in [0.2, 0.25) is 13.1 Å². The van der Waals surface area contributed by atoms with Crippen molar-refractivity contribution in [1.82, 2.24) is 0 Å². The zero-order valence-electron chi connectivity index (χ0n) is 5.99. The zero-order valence-corrected chi connectivity index (χ0v) is 8.15. The van der Waals surface area contributed by atoms with E-state index in [1.807, 2.05) is 13.1 Å². The van der Waals surface area contributed by atoms with Crippen molar-refractivity contribution in [3.63, 3.8) is 0 Å². The predicted molar refractivity (Wildman–Crippen MR) is 38.8 cm³/mol. The van der Waals surface area contributed by atoms with Gasteiger partial charge < -0.3 is 9.00 Å². The molecule has 0 spiro atoms. The fourth-order valence-electron chi connectivity index (χ4n) is 0.223. The van der Waals surface area contributed by atoms with Gasteiger partial charge in [0.25, 0.3) is 0 Å². The van der Waals surface area contributed by atoms with E-state index in [2.05, 4.69) is 20.2 Å². The third-order valence-electron chi connectivity index (χ3n) is 0.488. The Morgan fingerprint density at radius 3 is 2.60 bits per heavy atom. The van der Waals surface area contributed by atoms with E-state index in [1.54, 1.807) is 0 Å². The lowest BCUT2D eigenvalue weighted by Crippen LogP contribution is -2.15. The van der Waals surface area contributed by atoms with Crippen molar-refractivity contribution in [3.8, 4) is 0 Å². The number of hydrogen-bond acceptors (Lipinski definition) is 4. The predicted octanol–water partition coefficient (Wildman–Crippen LogP) is 0.493. The molecule has 0 N–H and O–H groups in total. The van der Waals surface area contributed by atoms with Crippen LogP contribution in [0.5, 0.6) is 0 Å². The van der Waals surface area contributed by atoms with Gasteiger partial charge in [-0.2, -0.15) is 0 Å². The maximum Gasteiger partial charge on any atom is 0.805 e. The van der Waals surface area contributed by atoms with Crippen LogP contribution < -0.4 is 0 Å². The van der Waals surface area contributed by atoms with Crippen molar-refractivity contribution in [3.05, 3.63) is 12.8 Å². The van der Waals surface area contributed by atoms with Crippen molar-refractivity contribution < 1.29 is 18.0 Å². The van der Waals surface area contributed by atoms with Crippen LogP contribution in [0, 0.1) is 0 Å². The van der Waals surface area contributed by atoms with Crippen LogP contribution in [0.4, 0.5) is 0 Å². The summed E-state index contributed by atoms with van der Waals surface area (Å²) in [5.41, 5.74) is 0. The number of hydrogen-bond donors (Lipinski definition) is 0. The summed E-state index contributed by atoms with van der Waals surface area (Å²) in [6.45, 7) is 6.99. The lowest BCUT2D eigenvalue weighted by atomic mass is 11.2. The van der Waals surface area contributed by atoms with Gasteiger partial charge in [-0.05, 0) is 13.1 Å². The molecule has 6 heteroatoms. The average molecular weight is 178 g/mol. The molecule has 0 saturated heterocycles. The van der Waals surface area contributed by atoms with Gasteiger partial charge in [0.05, 0.1) is 6.26 Å². The van der Waals surface area contributed by atoms with Crippen molar-refractivity contribution in [1.29, 1.82) is 0 Å². The summed E-state index contributed by atoms with van der Waals surface area (Å²) in [6.07, 6.45) is 1.06. The van der Waals surface area contributed by atoms with Crippen molar-refractivity contribution in [2.75, 3.05) is 0 Å². The van der Waals surface area contributed by atoms with Gasteiger partial charge in [-0.25, -0.2) is 0 Å². The SMILES string of the molecule is C=CO[Si](=O)OO[SiH](C)C. The Kier molecular flexibility index (Phi) is 5.08. The highest BCUT2D eigenvalue weighted by atomic mass is 28.3. The minimum Gasteiger partial charge on any atom is -0.465 e. The van der Waals surface area contributed by atoms with Gasteiger partial charge in [-0.15, -0.1) is 0 Å². The molecule has 0 aliphatic heterocycles. The van der Waals surface area contributed by atoms with Gasteiger partial charge in [0.2, 0.25) is 9.04 Å². The van der Waals surface area contributed by atoms with Gasteiger partial charge in [0.1, 0.15) is 0 Å². The Bertz CT molecular complexity index is 124. The first kappa shape index (κ1) is 9.53. The minimum atomic E-state index is -2.49. The molecule has 0 amide bonds. The number of rotatable bonds is 5. The molecule has 0 heterocycles. The minimum absolute atomic E-state index is 1.06.